The number of esters is 1. The average Bonchev–Trinajstić information content (AvgIpc) is 3.04. The van der Waals surface area contributed by atoms with E-state index >= 15 is 0 Å². The van der Waals surface area contributed by atoms with Crippen LogP contribution in [-0.4, -0.2) is 17.1 Å². The van der Waals surface area contributed by atoms with Crippen LogP contribution in [0.25, 0.3) is 6.08 Å². The predicted molar refractivity (Wildman–Crippen MR) is 118 cm³/mol. The molecule has 0 N–H and O–H groups in total. The first-order chi connectivity index (χ1) is 14.9. The summed E-state index contributed by atoms with van der Waals surface area (Å²) in [6.07, 6.45) is 1.69. The third kappa shape index (κ3) is 4.11. The zero-order valence-electron chi connectivity index (χ0n) is 16.8. The van der Waals surface area contributed by atoms with Crippen molar-refractivity contribution in [2.45, 2.75) is 19.9 Å². The first kappa shape index (κ1) is 21.2. The van der Waals surface area contributed by atoms with Crippen LogP contribution in [0, 0.1) is 5.82 Å². The normalized spacial score (nSPS) is 16.1. The molecule has 4 rings (SSSR count). The molecule has 0 saturated carbocycles. The Labute approximate surface area is 186 Å². The second-order valence-electron chi connectivity index (χ2n) is 6.91. The van der Waals surface area contributed by atoms with Gasteiger partial charge in [0.15, 0.2) is 4.80 Å². The Morgan fingerprint density at radius 1 is 1.23 bits per heavy atom. The molecular weight excluding hydrogens is 439 g/mol. The van der Waals surface area contributed by atoms with Crippen LogP contribution in [0.4, 0.5) is 4.39 Å². The minimum absolute atomic E-state index is 0.206. The first-order valence-electron chi connectivity index (χ1n) is 9.59. The molecule has 0 spiro atoms. The van der Waals surface area contributed by atoms with E-state index in [1.165, 1.54) is 28.0 Å². The van der Waals surface area contributed by atoms with Crippen molar-refractivity contribution in [2.75, 3.05) is 6.61 Å². The largest absolute Gasteiger partial charge is 0.463 e. The Kier molecular flexibility index (Phi) is 5.89. The van der Waals surface area contributed by atoms with E-state index in [0.717, 1.165) is 5.56 Å². The molecular formula is C23H18ClFN2O3S. The molecule has 0 amide bonds. The standard InChI is InChI=1S/C23H18ClFN2O3S/c1-3-30-22(29)19-13(2)26-23-27(20(19)15-6-8-16(24)9-7-15)21(28)18(31-23)12-14-4-10-17(25)11-5-14/h4-12,20H,3H2,1-2H3. The van der Waals surface area contributed by atoms with Gasteiger partial charge in [0.05, 0.1) is 28.5 Å². The molecule has 0 aliphatic carbocycles. The maximum Gasteiger partial charge on any atom is 0.338 e. The molecule has 2 heterocycles. The van der Waals surface area contributed by atoms with Gasteiger partial charge < -0.3 is 4.74 Å². The van der Waals surface area contributed by atoms with Crippen LogP contribution >= 0.6 is 22.9 Å². The van der Waals surface area contributed by atoms with Gasteiger partial charge in [-0.1, -0.05) is 47.2 Å². The minimum atomic E-state index is -0.692. The van der Waals surface area contributed by atoms with E-state index in [1.807, 2.05) is 0 Å². The highest BCUT2D eigenvalue weighted by molar-refractivity contribution is 7.07. The summed E-state index contributed by atoms with van der Waals surface area (Å²) >= 11 is 7.26. The lowest BCUT2D eigenvalue weighted by Crippen LogP contribution is -2.39. The number of halogens is 2. The Balaban J connectivity index is 1.94. The lowest BCUT2D eigenvalue weighted by Gasteiger charge is -2.24. The highest BCUT2D eigenvalue weighted by atomic mass is 35.5. The fourth-order valence-corrected chi connectivity index (χ4v) is 4.63. The fraction of sp³-hybridized carbons (Fsp3) is 0.174. The van der Waals surface area contributed by atoms with Gasteiger partial charge in [0, 0.05) is 5.02 Å². The molecule has 8 heteroatoms. The van der Waals surface area contributed by atoms with Crippen molar-refractivity contribution in [3.05, 3.63) is 101 Å². The van der Waals surface area contributed by atoms with E-state index in [4.69, 9.17) is 16.3 Å². The number of ether oxygens (including phenoxy) is 1. The summed E-state index contributed by atoms with van der Waals surface area (Å²) in [5.41, 5.74) is 1.92. The smallest absolute Gasteiger partial charge is 0.338 e. The third-order valence-electron chi connectivity index (χ3n) is 4.87. The molecule has 0 bridgehead atoms. The topological polar surface area (TPSA) is 60.7 Å². The maximum atomic E-state index is 13.4. The number of thiazole rings is 1. The average molecular weight is 457 g/mol. The first-order valence-corrected chi connectivity index (χ1v) is 10.8. The van der Waals surface area contributed by atoms with Crippen molar-refractivity contribution < 1.29 is 13.9 Å². The number of rotatable bonds is 4. The van der Waals surface area contributed by atoms with Crippen molar-refractivity contribution in [1.29, 1.82) is 0 Å². The number of hydrogen-bond donors (Lipinski definition) is 0. The molecule has 31 heavy (non-hydrogen) atoms. The third-order valence-corrected chi connectivity index (χ3v) is 6.11. The van der Waals surface area contributed by atoms with Gasteiger partial charge in [0.2, 0.25) is 0 Å². The number of fused-ring (bicyclic) bond motifs is 1. The number of hydrogen-bond acceptors (Lipinski definition) is 5. The van der Waals surface area contributed by atoms with Crippen LogP contribution in [-0.2, 0) is 9.53 Å². The lowest BCUT2D eigenvalue weighted by atomic mass is 9.96. The van der Waals surface area contributed by atoms with Gasteiger partial charge in [0.1, 0.15) is 5.82 Å². The van der Waals surface area contributed by atoms with E-state index in [2.05, 4.69) is 4.99 Å². The summed E-state index contributed by atoms with van der Waals surface area (Å²) in [7, 11) is 0. The molecule has 158 valence electrons. The van der Waals surface area contributed by atoms with Crippen LogP contribution in [0.2, 0.25) is 5.02 Å². The van der Waals surface area contributed by atoms with Gasteiger partial charge >= 0.3 is 5.97 Å². The molecule has 1 atom stereocenters. The molecule has 0 radical (unpaired) electrons. The molecule has 1 aliphatic heterocycles. The number of benzene rings is 2. The van der Waals surface area contributed by atoms with Gasteiger partial charge in [-0.2, -0.15) is 0 Å². The second-order valence-corrected chi connectivity index (χ2v) is 8.35. The molecule has 2 aromatic carbocycles. The Bertz CT molecular complexity index is 1360. The zero-order chi connectivity index (χ0) is 22.1. The molecule has 0 fully saturated rings. The number of allylic oxidation sites excluding steroid dienone is 1. The number of nitrogens with zero attached hydrogens (tertiary/aromatic N) is 2. The highest BCUT2D eigenvalue weighted by Crippen LogP contribution is 2.31. The SMILES string of the molecule is CCOC(=O)C1=C(C)N=c2sc(=Cc3ccc(F)cc3)c(=O)n2C1c1ccc(Cl)cc1. The number of carbonyl (C=O) groups excluding carboxylic acids is 1. The summed E-state index contributed by atoms with van der Waals surface area (Å²) in [6, 6.07) is 12.2. The van der Waals surface area contributed by atoms with Crippen LogP contribution in [0.15, 0.2) is 69.6 Å². The van der Waals surface area contributed by atoms with Crippen LogP contribution in [0.1, 0.15) is 31.0 Å². The fourth-order valence-electron chi connectivity index (χ4n) is 3.46. The van der Waals surface area contributed by atoms with Gasteiger partial charge in [-0.05, 0) is 55.3 Å². The van der Waals surface area contributed by atoms with E-state index in [9.17, 15) is 14.0 Å². The molecule has 5 nitrogen and oxygen atoms in total. The highest BCUT2D eigenvalue weighted by Gasteiger charge is 2.33. The second kappa shape index (κ2) is 8.61. The van der Waals surface area contributed by atoms with Gasteiger partial charge in [-0.15, -0.1) is 0 Å². The van der Waals surface area contributed by atoms with E-state index in [-0.39, 0.29) is 18.0 Å². The van der Waals surface area contributed by atoms with Crippen molar-refractivity contribution in [3.63, 3.8) is 0 Å². The predicted octanol–water partition coefficient (Wildman–Crippen LogP) is 3.59. The monoisotopic (exact) mass is 456 g/mol. The van der Waals surface area contributed by atoms with Crippen molar-refractivity contribution in [3.8, 4) is 0 Å². The van der Waals surface area contributed by atoms with E-state index in [1.54, 1.807) is 56.3 Å². The van der Waals surface area contributed by atoms with Crippen LogP contribution in [0.5, 0.6) is 0 Å². The van der Waals surface area contributed by atoms with Crippen molar-refractivity contribution in [2.24, 2.45) is 4.99 Å². The Hall–Kier alpha value is -3.03. The van der Waals surface area contributed by atoms with Gasteiger partial charge in [-0.25, -0.2) is 14.2 Å². The zero-order valence-corrected chi connectivity index (χ0v) is 18.3. The summed E-state index contributed by atoms with van der Waals surface area (Å²) in [6.45, 7) is 3.66. The van der Waals surface area contributed by atoms with Crippen molar-refractivity contribution >= 4 is 35.0 Å². The summed E-state index contributed by atoms with van der Waals surface area (Å²) < 4.78 is 20.4. The summed E-state index contributed by atoms with van der Waals surface area (Å²) in [5, 5.41) is 0.547. The van der Waals surface area contributed by atoms with E-state index < -0.39 is 12.0 Å². The Morgan fingerprint density at radius 3 is 2.55 bits per heavy atom. The number of carbonyl (C=O) groups is 1. The number of aromatic nitrogens is 1. The Morgan fingerprint density at radius 2 is 1.90 bits per heavy atom. The minimum Gasteiger partial charge on any atom is -0.463 e. The quantitative estimate of drug-likeness (QED) is 0.564. The van der Waals surface area contributed by atoms with Gasteiger partial charge in [0.25, 0.3) is 5.56 Å². The lowest BCUT2D eigenvalue weighted by molar-refractivity contribution is -0.139. The molecule has 1 unspecified atom stereocenters. The molecule has 0 saturated heterocycles. The molecule has 3 aromatic rings. The summed E-state index contributed by atoms with van der Waals surface area (Å²) in [5.74, 6) is -0.868. The van der Waals surface area contributed by atoms with Crippen molar-refractivity contribution in [1.82, 2.24) is 4.57 Å². The molecule has 1 aliphatic rings. The summed E-state index contributed by atoms with van der Waals surface area (Å²) in [4.78, 5) is 31.2. The molecule has 1 aromatic heterocycles. The van der Waals surface area contributed by atoms with E-state index in [0.29, 0.717) is 31.2 Å². The maximum absolute atomic E-state index is 13.4. The van der Waals surface area contributed by atoms with Gasteiger partial charge in [-0.3, -0.25) is 9.36 Å². The van der Waals surface area contributed by atoms with Crippen LogP contribution < -0.4 is 14.9 Å². The van der Waals surface area contributed by atoms with Crippen LogP contribution in [0.3, 0.4) is 0 Å².